The summed E-state index contributed by atoms with van der Waals surface area (Å²) >= 11 is 5.64. The first-order chi connectivity index (χ1) is 3.63. The molecule has 0 atom stereocenters. The van der Waals surface area contributed by atoms with E-state index >= 15 is 0 Å². The van der Waals surface area contributed by atoms with Gasteiger partial charge in [0.2, 0.25) is 0 Å². The Morgan fingerprint density at radius 2 is 2.38 bits per heavy atom. The van der Waals surface area contributed by atoms with Crippen molar-refractivity contribution in [2.45, 2.75) is 25.8 Å². The number of rotatable bonds is 0. The average molecular weight is 133 g/mol. The zero-order valence-electron chi connectivity index (χ0n) is 5.06. The van der Waals surface area contributed by atoms with Crippen LogP contribution in [0.5, 0.6) is 0 Å². The molecule has 0 saturated carbocycles. The molecule has 0 aromatic rings. The Balaban J connectivity index is 2.64. The molecule has 1 aliphatic heterocycles. The van der Waals surface area contributed by atoms with Crippen molar-refractivity contribution < 1.29 is 0 Å². The second-order valence-electron chi connectivity index (χ2n) is 2.57. The predicted molar refractivity (Wildman–Crippen MR) is 34.9 cm³/mol. The largest absolute Gasteiger partial charge is 0.200 e. The van der Waals surface area contributed by atoms with Crippen LogP contribution in [0, 0.1) is 0 Å². The third-order valence-electron chi connectivity index (χ3n) is 1.27. The minimum Gasteiger partial charge on any atom is -0.200 e. The monoisotopic (exact) mass is 132 g/mol. The van der Waals surface area contributed by atoms with Crippen LogP contribution in [0.25, 0.3) is 0 Å². The molecule has 0 aliphatic carbocycles. The van der Waals surface area contributed by atoms with Gasteiger partial charge < -0.3 is 0 Å². The van der Waals surface area contributed by atoms with Crippen LogP contribution < -0.4 is 0 Å². The smallest absolute Gasteiger partial charge is 0.0749 e. The first kappa shape index (κ1) is 5.89. The quantitative estimate of drug-likeness (QED) is 0.458. The van der Waals surface area contributed by atoms with Crippen molar-refractivity contribution in [1.29, 1.82) is 0 Å². The van der Waals surface area contributed by atoms with Gasteiger partial charge >= 0.3 is 0 Å². The minimum atomic E-state index is 0.0293. The Morgan fingerprint density at radius 1 is 1.75 bits per heavy atom. The Bertz CT molecular complexity index is 120. The normalized spacial score (nSPS) is 24.6. The Labute approximate surface area is 54.2 Å². The maximum absolute atomic E-state index is 5.64. The van der Waals surface area contributed by atoms with Crippen molar-refractivity contribution >= 4 is 18.0 Å². The fourth-order valence-electron chi connectivity index (χ4n) is 0.568. The first-order valence-electron chi connectivity index (χ1n) is 2.61. The molecule has 1 aliphatic rings. The van der Waals surface area contributed by atoms with E-state index in [1.165, 1.54) is 4.53 Å². The van der Waals surface area contributed by atoms with Crippen LogP contribution in [0.3, 0.4) is 0 Å². The summed E-state index contributed by atoms with van der Waals surface area (Å²) in [4.78, 5) is 0. The molecule has 0 unspecified atom stereocenters. The van der Waals surface area contributed by atoms with Crippen LogP contribution in [-0.2, 0) is 0 Å². The van der Waals surface area contributed by atoms with Crippen LogP contribution in [0.15, 0.2) is 5.10 Å². The number of hydrazone groups is 1. The van der Waals surface area contributed by atoms with Gasteiger partial charge in [-0.2, -0.15) is 5.10 Å². The highest BCUT2D eigenvalue weighted by Crippen LogP contribution is 2.24. The Hall–Kier alpha value is -0.240. The highest BCUT2D eigenvalue weighted by Gasteiger charge is 2.27. The number of nitrogens with zero attached hydrogens (tertiary/aromatic N) is 2. The average Bonchev–Trinajstić information content (AvgIpc) is 1.86. The molecule has 0 aromatic heterocycles. The van der Waals surface area contributed by atoms with Gasteiger partial charge in [-0.3, -0.25) is 0 Å². The molecule has 0 amide bonds. The van der Waals surface area contributed by atoms with Gasteiger partial charge in [-0.15, -0.1) is 0 Å². The van der Waals surface area contributed by atoms with Crippen LogP contribution in [0.4, 0.5) is 0 Å². The van der Waals surface area contributed by atoms with Gasteiger partial charge in [0.05, 0.1) is 5.54 Å². The molecule has 1 heterocycles. The fourth-order valence-corrected chi connectivity index (χ4v) is 0.698. The lowest BCUT2D eigenvalue weighted by Crippen LogP contribution is -2.28. The molecule has 0 bridgehead atoms. The van der Waals surface area contributed by atoms with E-state index in [0.29, 0.717) is 0 Å². The lowest BCUT2D eigenvalue weighted by atomic mass is 10.0. The van der Waals surface area contributed by atoms with E-state index in [2.05, 4.69) is 5.10 Å². The molecule has 0 spiro atoms. The van der Waals surface area contributed by atoms with Gasteiger partial charge in [0.1, 0.15) is 0 Å². The maximum Gasteiger partial charge on any atom is 0.0749 e. The van der Waals surface area contributed by atoms with Gasteiger partial charge in [-0.05, 0) is 13.8 Å². The molecule has 0 radical (unpaired) electrons. The number of hydrogen-bond acceptors (Lipinski definition) is 2. The standard InChI is InChI=1S/C5H9ClN2/c1-5(2)3-4-7-8(5)6/h4H,3H2,1-2H3. The van der Waals surface area contributed by atoms with Crippen molar-refractivity contribution in [3.8, 4) is 0 Å². The topological polar surface area (TPSA) is 15.6 Å². The molecule has 8 heavy (non-hydrogen) atoms. The summed E-state index contributed by atoms with van der Waals surface area (Å²) in [7, 11) is 0. The third kappa shape index (κ3) is 0.802. The van der Waals surface area contributed by atoms with E-state index in [1.54, 1.807) is 0 Å². The molecule has 1 rings (SSSR count). The lowest BCUT2D eigenvalue weighted by Gasteiger charge is -2.22. The van der Waals surface area contributed by atoms with E-state index in [-0.39, 0.29) is 5.54 Å². The van der Waals surface area contributed by atoms with Crippen LogP contribution in [-0.4, -0.2) is 16.3 Å². The summed E-state index contributed by atoms with van der Waals surface area (Å²) in [5.41, 5.74) is 0.0293. The summed E-state index contributed by atoms with van der Waals surface area (Å²) in [6.07, 6.45) is 2.77. The maximum atomic E-state index is 5.64. The minimum absolute atomic E-state index is 0.0293. The summed E-state index contributed by atoms with van der Waals surface area (Å²) in [5, 5.41) is 3.86. The van der Waals surface area contributed by atoms with E-state index in [4.69, 9.17) is 11.8 Å². The highest BCUT2D eigenvalue weighted by atomic mass is 35.5. The molecular formula is C5H9ClN2. The Morgan fingerprint density at radius 3 is 2.50 bits per heavy atom. The van der Waals surface area contributed by atoms with Gasteiger partial charge in [-0.25, -0.2) is 4.53 Å². The third-order valence-corrected chi connectivity index (χ3v) is 1.82. The Kier molecular flexibility index (Phi) is 1.19. The van der Waals surface area contributed by atoms with Crippen LogP contribution in [0.1, 0.15) is 20.3 Å². The van der Waals surface area contributed by atoms with Crippen molar-refractivity contribution in [3.63, 3.8) is 0 Å². The fraction of sp³-hybridized carbons (Fsp3) is 0.800. The van der Waals surface area contributed by atoms with E-state index in [9.17, 15) is 0 Å². The second kappa shape index (κ2) is 1.62. The van der Waals surface area contributed by atoms with E-state index < -0.39 is 0 Å². The zero-order valence-corrected chi connectivity index (χ0v) is 5.81. The predicted octanol–water partition coefficient (Wildman–Crippen LogP) is 1.61. The van der Waals surface area contributed by atoms with Crippen molar-refractivity contribution in [3.05, 3.63) is 0 Å². The second-order valence-corrected chi connectivity index (χ2v) is 2.89. The zero-order chi connectivity index (χ0) is 6.20. The molecule has 0 N–H and O–H groups in total. The van der Waals surface area contributed by atoms with Crippen molar-refractivity contribution in [2.24, 2.45) is 5.10 Å². The van der Waals surface area contributed by atoms with Crippen molar-refractivity contribution in [1.82, 2.24) is 4.53 Å². The number of hydrogen-bond donors (Lipinski definition) is 0. The molecule has 0 fully saturated rings. The molecule has 3 heteroatoms. The van der Waals surface area contributed by atoms with Gasteiger partial charge in [0, 0.05) is 24.4 Å². The first-order valence-corrected chi connectivity index (χ1v) is 2.95. The number of halogens is 1. The van der Waals surface area contributed by atoms with Gasteiger partial charge in [0.25, 0.3) is 0 Å². The molecule has 0 aromatic carbocycles. The summed E-state index contributed by atoms with van der Waals surface area (Å²) in [6.45, 7) is 4.10. The van der Waals surface area contributed by atoms with Crippen LogP contribution >= 0.6 is 11.8 Å². The summed E-state index contributed by atoms with van der Waals surface area (Å²) in [5.74, 6) is 0. The van der Waals surface area contributed by atoms with E-state index in [1.807, 2.05) is 20.1 Å². The van der Waals surface area contributed by atoms with E-state index in [0.717, 1.165) is 6.42 Å². The van der Waals surface area contributed by atoms with Crippen molar-refractivity contribution in [2.75, 3.05) is 0 Å². The van der Waals surface area contributed by atoms with Crippen LogP contribution in [0.2, 0.25) is 0 Å². The molecule has 0 saturated heterocycles. The molecule has 2 nitrogen and oxygen atoms in total. The highest BCUT2D eigenvalue weighted by molar-refractivity contribution is 6.14. The van der Waals surface area contributed by atoms with Gasteiger partial charge in [0.15, 0.2) is 0 Å². The summed E-state index contributed by atoms with van der Waals surface area (Å²) in [6, 6.07) is 0. The van der Waals surface area contributed by atoms with Gasteiger partial charge in [-0.1, -0.05) is 0 Å². The SMILES string of the molecule is CC1(C)CC=NN1Cl. The summed E-state index contributed by atoms with van der Waals surface area (Å²) < 4.78 is 1.47. The molecular weight excluding hydrogens is 124 g/mol. The molecule has 46 valence electrons. The lowest BCUT2D eigenvalue weighted by molar-refractivity contribution is 0.283.